The fourth-order valence-corrected chi connectivity index (χ4v) is 4.90. The monoisotopic (exact) mass is 556 g/mol. The third-order valence-corrected chi connectivity index (χ3v) is 6.86. The van der Waals surface area contributed by atoms with Gasteiger partial charge in [0, 0.05) is 27.6 Å². The van der Waals surface area contributed by atoms with E-state index in [9.17, 15) is 4.79 Å². The number of amides is 1. The molecule has 0 bridgehead atoms. The molecular formula is C22H23Cl2IN4O. The third kappa shape index (κ3) is 4.61. The Kier molecular flexibility index (Phi) is 6.87. The number of hydrazine groups is 1. The number of halogens is 3. The number of piperidine rings is 1. The van der Waals surface area contributed by atoms with E-state index in [-0.39, 0.29) is 17.9 Å². The molecule has 8 heteroatoms. The standard InChI is InChI=1S/C22H23Cl2IN4O/c1-14-20(22(30)27-28-11-3-2-4-12-28)26-29(19-10-7-16(23)13-18(19)24)21(14)15-5-8-17(25)9-6-15/h5-10,13-14,21H,2-4,11-12H2,1H3,(H,27,30)/t14-,21-/m1/s1. The van der Waals surface area contributed by atoms with Gasteiger partial charge in [-0.3, -0.25) is 15.2 Å². The van der Waals surface area contributed by atoms with Crippen molar-refractivity contribution in [1.82, 2.24) is 10.4 Å². The summed E-state index contributed by atoms with van der Waals surface area (Å²) >= 11 is 14.9. The lowest BCUT2D eigenvalue weighted by molar-refractivity contribution is -0.120. The van der Waals surface area contributed by atoms with E-state index in [1.54, 1.807) is 12.1 Å². The maximum Gasteiger partial charge on any atom is 0.282 e. The number of anilines is 1. The van der Waals surface area contributed by atoms with Crippen molar-refractivity contribution >= 4 is 63.1 Å². The van der Waals surface area contributed by atoms with Gasteiger partial charge in [-0.05, 0) is 71.3 Å². The summed E-state index contributed by atoms with van der Waals surface area (Å²) in [4.78, 5) is 13.1. The molecular weight excluding hydrogens is 534 g/mol. The molecule has 2 heterocycles. The predicted octanol–water partition coefficient (Wildman–Crippen LogP) is 5.67. The summed E-state index contributed by atoms with van der Waals surface area (Å²) in [6.07, 6.45) is 3.40. The van der Waals surface area contributed by atoms with Crippen molar-refractivity contribution < 1.29 is 4.79 Å². The van der Waals surface area contributed by atoms with Crippen LogP contribution in [0.1, 0.15) is 37.8 Å². The van der Waals surface area contributed by atoms with Crippen LogP contribution in [0.25, 0.3) is 0 Å². The molecule has 2 aliphatic rings. The maximum absolute atomic E-state index is 13.1. The fourth-order valence-electron chi connectivity index (χ4n) is 4.05. The second-order valence-corrected chi connectivity index (χ2v) is 9.79. The zero-order chi connectivity index (χ0) is 21.3. The van der Waals surface area contributed by atoms with Gasteiger partial charge in [-0.1, -0.05) is 48.7 Å². The Labute approximate surface area is 200 Å². The molecule has 2 aromatic rings. The van der Waals surface area contributed by atoms with E-state index >= 15 is 0 Å². The van der Waals surface area contributed by atoms with E-state index in [2.05, 4.69) is 52.3 Å². The molecule has 2 atom stereocenters. The van der Waals surface area contributed by atoms with Gasteiger partial charge in [0.05, 0.1) is 16.8 Å². The molecule has 0 unspecified atom stereocenters. The highest BCUT2D eigenvalue weighted by Crippen LogP contribution is 2.42. The predicted molar refractivity (Wildman–Crippen MR) is 131 cm³/mol. The first-order valence-corrected chi connectivity index (χ1v) is 11.9. The van der Waals surface area contributed by atoms with Gasteiger partial charge >= 0.3 is 0 Å². The van der Waals surface area contributed by atoms with E-state index in [0.717, 1.165) is 40.8 Å². The summed E-state index contributed by atoms with van der Waals surface area (Å²) in [5.41, 5.74) is 5.37. The number of hydrogen-bond acceptors (Lipinski definition) is 4. The van der Waals surface area contributed by atoms with Crippen LogP contribution in [0.5, 0.6) is 0 Å². The van der Waals surface area contributed by atoms with Crippen molar-refractivity contribution in [2.45, 2.75) is 32.2 Å². The normalized spacial score (nSPS) is 22.1. The number of hydrogen-bond donors (Lipinski definition) is 1. The number of benzene rings is 2. The lowest BCUT2D eigenvalue weighted by atomic mass is 9.91. The van der Waals surface area contributed by atoms with Gasteiger partial charge in [0.2, 0.25) is 0 Å². The summed E-state index contributed by atoms with van der Waals surface area (Å²) in [6.45, 7) is 3.79. The number of carbonyl (C=O) groups excluding carboxylic acids is 1. The Morgan fingerprint density at radius 3 is 2.47 bits per heavy atom. The molecule has 1 fully saturated rings. The number of carbonyl (C=O) groups is 1. The van der Waals surface area contributed by atoms with Crippen molar-refractivity contribution in [1.29, 1.82) is 0 Å². The maximum atomic E-state index is 13.1. The molecule has 1 amide bonds. The molecule has 0 saturated carbocycles. The Bertz CT molecular complexity index is 960. The Morgan fingerprint density at radius 1 is 1.10 bits per heavy atom. The van der Waals surface area contributed by atoms with Crippen molar-refractivity contribution in [3.63, 3.8) is 0 Å². The zero-order valence-electron chi connectivity index (χ0n) is 16.6. The van der Waals surface area contributed by atoms with Crippen LogP contribution in [-0.2, 0) is 4.79 Å². The molecule has 0 aliphatic carbocycles. The van der Waals surface area contributed by atoms with Crippen molar-refractivity contribution in [3.8, 4) is 0 Å². The first kappa shape index (κ1) is 21.9. The minimum atomic E-state index is -0.146. The molecule has 2 aliphatic heterocycles. The molecule has 30 heavy (non-hydrogen) atoms. The summed E-state index contributed by atoms with van der Waals surface area (Å²) in [6, 6.07) is 13.5. The van der Waals surface area contributed by atoms with Crippen LogP contribution < -0.4 is 10.4 Å². The van der Waals surface area contributed by atoms with Crippen LogP contribution in [0, 0.1) is 9.49 Å². The van der Waals surface area contributed by atoms with Gasteiger partial charge in [0.15, 0.2) is 0 Å². The van der Waals surface area contributed by atoms with Gasteiger partial charge in [-0.25, -0.2) is 5.01 Å². The van der Waals surface area contributed by atoms with Crippen LogP contribution >= 0.6 is 45.8 Å². The van der Waals surface area contributed by atoms with Crippen LogP contribution in [0.15, 0.2) is 47.6 Å². The van der Waals surface area contributed by atoms with E-state index in [0.29, 0.717) is 15.8 Å². The van der Waals surface area contributed by atoms with Crippen molar-refractivity contribution in [3.05, 3.63) is 61.6 Å². The first-order valence-electron chi connectivity index (χ1n) is 10.1. The first-order chi connectivity index (χ1) is 14.4. The summed E-state index contributed by atoms with van der Waals surface area (Å²) < 4.78 is 1.15. The van der Waals surface area contributed by atoms with Crippen LogP contribution in [0.2, 0.25) is 10.0 Å². The SMILES string of the molecule is C[C@@H]1C(C(=O)NN2CCCCC2)=NN(c2ccc(Cl)cc2Cl)[C@H]1c1ccc(I)cc1. The minimum Gasteiger partial charge on any atom is -0.284 e. The Balaban J connectivity index is 1.68. The summed E-state index contributed by atoms with van der Waals surface area (Å²) in [5, 5.41) is 9.68. The smallest absolute Gasteiger partial charge is 0.282 e. The Morgan fingerprint density at radius 2 is 1.80 bits per heavy atom. The Hall–Kier alpha value is -1.35. The fraction of sp³-hybridized carbons (Fsp3) is 0.364. The molecule has 1 N–H and O–H groups in total. The summed E-state index contributed by atoms with van der Waals surface area (Å²) in [7, 11) is 0. The molecule has 4 rings (SSSR count). The number of hydrazone groups is 1. The second-order valence-electron chi connectivity index (χ2n) is 7.70. The van der Waals surface area contributed by atoms with Crippen LogP contribution in [0.4, 0.5) is 5.69 Å². The van der Waals surface area contributed by atoms with Crippen molar-refractivity contribution in [2.24, 2.45) is 11.0 Å². The average molecular weight is 557 g/mol. The van der Waals surface area contributed by atoms with Gasteiger partial charge < -0.3 is 0 Å². The lowest BCUT2D eigenvalue weighted by Gasteiger charge is -2.28. The second kappa shape index (κ2) is 9.42. The van der Waals surface area contributed by atoms with E-state index in [4.69, 9.17) is 28.3 Å². The largest absolute Gasteiger partial charge is 0.284 e. The molecule has 5 nitrogen and oxygen atoms in total. The van der Waals surface area contributed by atoms with Crippen LogP contribution in [-0.4, -0.2) is 29.7 Å². The van der Waals surface area contributed by atoms with Gasteiger partial charge in [-0.2, -0.15) is 5.10 Å². The number of rotatable bonds is 4. The molecule has 158 valence electrons. The molecule has 2 aromatic carbocycles. The summed E-state index contributed by atoms with van der Waals surface area (Å²) in [5.74, 6) is -0.255. The third-order valence-electron chi connectivity index (χ3n) is 5.60. The minimum absolute atomic E-state index is 0.110. The van der Waals surface area contributed by atoms with Gasteiger partial charge in [0.1, 0.15) is 5.71 Å². The molecule has 1 saturated heterocycles. The van der Waals surface area contributed by atoms with E-state index < -0.39 is 0 Å². The molecule has 0 spiro atoms. The van der Waals surface area contributed by atoms with E-state index in [1.807, 2.05) is 23.0 Å². The highest BCUT2D eigenvalue weighted by atomic mass is 127. The zero-order valence-corrected chi connectivity index (χ0v) is 20.3. The van der Waals surface area contributed by atoms with E-state index in [1.165, 1.54) is 6.42 Å². The van der Waals surface area contributed by atoms with Gasteiger partial charge in [-0.15, -0.1) is 0 Å². The quantitative estimate of drug-likeness (QED) is 0.494. The lowest BCUT2D eigenvalue weighted by Crippen LogP contribution is -2.48. The average Bonchev–Trinajstić information content (AvgIpc) is 3.06. The van der Waals surface area contributed by atoms with Crippen LogP contribution in [0.3, 0.4) is 0 Å². The molecule has 0 aromatic heterocycles. The highest BCUT2D eigenvalue weighted by Gasteiger charge is 2.40. The molecule has 0 radical (unpaired) electrons. The highest BCUT2D eigenvalue weighted by molar-refractivity contribution is 14.1. The van der Waals surface area contributed by atoms with Gasteiger partial charge in [0.25, 0.3) is 5.91 Å². The topological polar surface area (TPSA) is 47.9 Å². The number of nitrogens with one attached hydrogen (secondary N) is 1. The number of nitrogens with zero attached hydrogens (tertiary/aromatic N) is 3. The van der Waals surface area contributed by atoms with Crippen molar-refractivity contribution in [2.75, 3.05) is 18.1 Å².